The first kappa shape index (κ1) is 11.0. The second-order valence-corrected chi connectivity index (χ2v) is 5.32. The minimum Gasteiger partial charge on any atom is -0.342 e. The molecule has 1 rings (SSSR count). The molecule has 0 aromatic rings. The van der Waals surface area contributed by atoms with E-state index in [-0.39, 0.29) is 0 Å². The number of amides is 1. The van der Waals surface area contributed by atoms with Gasteiger partial charge in [-0.1, -0.05) is 29.8 Å². The van der Waals surface area contributed by atoms with Crippen LogP contribution < -0.4 is 0 Å². The maximum atomic E-state index is 11.6. The first-order valence-corrected chi connectivity index (χ1v) is 6.01. The minimum atomic E-state index is 0.296. The summed E-state index contributed by atoms with van der Waals surface area (Å²) in [6.07, 6.45) is 3.03. The Kier molecular flexibility index (Phi) is 3.77. The summed E-state index contributed by atoms with van der Waals surface area (Å²) < 4.78 is 0. The lowest BCUT2D eigenvalue weighted by atomic mass is 9.84. The van der Waals surface area contributed by atoms with Crippen LogP contribution >= 0.6 is 15.9 Å². The quantitative estimate of drug-likeness (QED) is 0.687. The summed E-state index contributed by atoms with van der Waals surface area (Å²) in [5, 5.41) is 0.781. The third-order valence-corrected chi connectivity index (χ3v) is 2.96. The van der Waals surface area contributed by atoms with Gasteiger partial charge in [0.05, 0.1) is 0 Å². The van der Waals surface area contributed by atoms with Crippen molar-refractivity contribution < 1.29 is 4.79 Å². The van der Waals surface area contributed by atoms with Crippen LogP contribution in [-0.2, 0) is 4.79 Å². The lowest BCUT2D eigenvalue weighted by Crippen LogP contribution is -2.43. The molecular weight excluding hydrogens is 230 g/mol. The number of likely N-dealkylation sites (tertiary alicyclic amines) is 1. The van der Waals surface area contributed by atoms with Crippen LogP contribution in [0.3, 0.4) is 0 Å². The predicted octanol–water partition coefficient (Wildman–Crippen LogP) is 2.42. The molecule has 0 saturated carbocycles. The average Bonchev–Trinajstić information content (AvgIpc) is 2.03. The number of hydrogen-bond donors (Lipinski definition) is 0. The van der Waals surface area contributed by atoms with Gasteiger partial charge in [-0.05, 0) is 18.3 Å². The standard InChI is InChI=1S/C10H18BrNO/c1-10(2)5-3-7-12(8-10)9(13)4-6-11/h3-8H2,1-2H3. The van der Waals surface area contributed by atoms with Crippen LogP contribution in [0.1, 0.15) is 33.1 Å². The van der Waals surface area contributed by atoms with Crippen molar-refractivity contribution >= 4 is 21.8 Å². The Morgan fingerprint density at radius 3 is 2.77 bits per heavy atom. The Bertz CT molecular complexity index is 191. The van der Waals surface area contributed by atoms with E-state index in [1.165, 1.54) is 6.42 Å². The van der Waals surface area contributed by atoms with E-state index >= 15 is 0 Å². The molecule has 0 radical (unpaired) electrons. The molecule has 1 saturated heterocycles. The lowest BCUT2D eigenvalue weighted by molar-refractivity contribution is -0.133. The van der Waals surface area contributed by atoms with Crippen LogP contribution in [0, 0.1) is 5.41 Å². The Morgan fingerprint density at radius 2 is 2.23 bits per heavy atom. The zero-order valence-electron chi connectivity index (χ0n) is 8.48. The van der Waals surface area contributed by atoms with Crippen molar-refractivity contribution in [1.29, 1.82) is 0 Å². The van der Waals surface area contributed by atoms with E-state index in [4.69, 9.17) is 0 Å². The third-order valence-electron chi connectivity index (χ3n) is 2.56. The van der Waals surface area contributed by atoms with Crippen LogP contribution in [-0.4, -0.2) is 29.2 Å². The summed E-state index contributed by atoms with van der Waals surface area (Å²) in [5.74, 6) is 0.296. The molecule has 1 fully saturated rings. The largest absolute Gasteiger partial charge is 0.342 e. The van der Waals surface area contributed by atoms with Crippen molar-refractivity contribution in [3.05, 3.63) is 0 Å². The molecular formula is C10H18BrNO. The van der Waals surface area contributed by atoms with Crippen molar-refractivity contribution in [3.63, 3.8) is 0 Å². The molecule has 1 aliphatic heterocycles. The topological polar surface area (TPSA) is 20.3 Å². The Labute approximate surface area is 88.8 Å². The van der Waals surface area contributed by atoms with E-state index in [1.54, 1.807) is 0 Å². The summed E-state index contributed by atoms with van der Waals surface area (Å²) in [6, 6.07) is 0. The monoisotopic (exact) mass is 247 g/mol. The van der Waals surface area contributed by atoms with E-state index in [9.17, 15) is 4.79 Å². The molecule has 13 heavy (non-hydrogen) atoms. The molecule has 0 aromatic carbocycles. The second-order valence-electron chi connectivity index (χ2n) is 4.52. The number of carbonyl (C=O) groups is 1. The molecule has 0 aliphatic carbocycles. The van der Waals surface area contributed by atoms with Crippen molar-refractivity contribution in [2.75, 3.05) is 18.4 Å². The molecule has 1 amide bonds. The summed E-state index contributed by atoms with van der Waals surface area (Å²) in [7, 11) is 0. The molecule has 3 heteroatoms. The van der Waals surface area contributed by atoms with Crippen molar-refractivity contribution in [1.82, 2.24) is 4.90 Å². The third kappa shape index (κ3) is 3.29. The van der Waals surface area contributed by atoms with Gasteiger partial charge in [-0.2, -0.15) is 0 Å². The molecule has 1 aliphatic rings. The molecule has 0 atom stereocenters. The van der Waals surface area contributed by atoms with Gasteiger partial charge >= 0.3 is 0 Å². The highest BCUT2D eigenvalue weighted by Gasteiger charge is 2.28. The van der Waals surface area contributed by atoms with E-state index < -0.39 is 0 Å². The van der Waals surface area contributed by atoms with E-state index in [1.807, 2.05) is 4.90 Å². The summed E-state index contributed by atoms with van der Waals surface area (Å²) in [4.78, 5) is 13.6. The van der Waals surface area contributed by atoms with E-state index in [0.717, 1.165) is 24.8 Å². The average molecular weight is 248 g/mol. The minimum absolute atomic E-state index is 0.296. The fraction of sp³-hybridized carbons (Fsp3) is 0.900. The maximum absolute atomic E-state index is 11.6. The zero-order valence-corrected chi connectivity index (χ0v) is 10.1. The van der Waals surface area contributed by atoms with E-state index in [0.29, 0.717) is 17.7 Å². The van der Waals surface area contributed by atoms with Crippen LogP contribution in [0.2, 0.25) is 0 Å². The fourth-order valence-corrected chi connectivity index (χ4v) is 2.21. The van der Waals surface area contributed by atoms with Crippen molar-refractivity contribution in [2.24, 2.45) is 5.41 Å². The predicted molar refractivity (Wildman–Crippen MR) is 58.0 cm³/mol. The first-order valence-electron chi connectivity index (χ1n) is 4.89. The van der Waals surface area contributed by atoms with Crippen LogP contribution in [0.25, 0.3) is 0 Å². The van der Waals surface area contributed by atoms with Crippen molar-refractivity contribution in [2.45, 2.75) is 33.1 Å². The summed E-state index contributed by atoms with van der Waals surface area (Å²) in [5.41, 5.74) is 0.320. The molecule has 0 unspecified atom stereocenters. The SMILES string of the molecule is CC1(C)CCCN(C(=O)CCBr)C1. The first-order chi connectivity index (χ1) is 6.05. The summed E-state index contributed by atoms with van der Waals surface area (Å²) in [6.45, 7) is 6.36. The van der Waals surface area contributed by atoms with Gasteiger partial charge in [-0.15, -0.1) is 0 Å². The zero-order chi connectivity index (χ0) is 9.90. The Morgan fingerprint density at radius 1 is 1.54 bits per heavy atom. The Hall–Kier alpha value is -0.0500. The summed E-state index contributed by atoms with van der Waals surface area (Å²) >= 11 is 3.30. The number of alkyl halides is 1. The van der Waals surface area contributed by atoms with Gasteiger partial charge in [0.25, 0.3) is 0 Å². The fourth-order valence-electron chi connectivity index (χ4n) is 1.88. The van der Waals surface area contributed by atoms with Gasteiger partial charge < -0.3 is 4.90 Å². The van der Waals surface area contributed by atoms with Crippen LogP contribution in [0.4, 0.5) is 0 Å². The van der Waals surface area contributed by atoms with Gasteiger partial charge in [0.1, 0.15) is 0 Å². The molecule has 0 bridgehead atoms. The molecule has 0 N–H and O–H groups in total. The van der Waals surface area contributed by atoms with E-state index in [2.05, 4.69) is 29.8 Å². The molecule has 76 valence electrons. The maximum Gasteiger partial charge on any atom is 0.223 e. The number of rotatable bonds is 2. The Balaban J connectivity index is 2.47. The van der Waals surface area contributed by atoms with Crippen LogP contribution in [0.5, 0.6) is 0 Å². The highest BCUT2D eigenvalue weighted by Crippen LogP contribution is 2.28. The molecule has 0 spiro atoms. The van der Waals surface area contributed by atoms with Gasteiger partial charge in [0.2, 0.25) is 5.91 Å². The molecule has 2 nitrogen and oxygen atoms in total. The normalized spacial score (nSPS) is 21.6. The van der Waals surface area contributed by atoms with Crippen molar-refractivity contribution in [3.8, 4) is 0 Å². The smallest absolute Gasteiger partial charge is 0.223 e. The number of halogens is 1. The van der Waals surface area contributed by atoms with Gasteiger partial charge in [0, 0.05) is 24.8 Å². The highest BCUT2D eigenvalue weighted by atomic mass is 79.9. The highest BCUT2D eigenvalue weighted by molar-refractivity contribution is 9.09. The number of nitrogens with zero attached hydrogens (tertiary/aromatic N) is 1. The molecule has 1 heterocycles. The van der Waals surface area contributed by atoms with Gasteiger partial charge in [-0.25, -0.2) is 0 Å². The number of carbonyl (C=O) groups excluding carboxylic acids is 1. The second kappa shape index (κ2) is 4.45. The number of hydrogen-bond acceptors (Lipinski definition) is 1. The molecule has 0 aromatic heterocycles. The van der Waals surface area contributed by atoms with Gasteiger partial charge in [0.15, 0.2) is 0 Å². The van der Waals surface area contributed by atoms with Crippen LogP contribution in [0.15, 0.2) is 0 Å². The number of piperidine rings is 1. The lowest BCUT2D eigenvalue weighted by Gasteiger charge is -2.38. The van der Waals surface area contributed by atoms with Gasteiger partial charge in [-0.3, -0.25) is 4.79 Å².